The van der Waals surface area contributed by atoms with Crippen molar-refractivity contribution in [1.29, 1.82) is 0 Å². The Morgan fingerprint density at radius 1 is 0.853 bits per heavy atom. The van der Waals surface area contributed by atoms with Gasteiger partial charge in [0.2, 0.25) is 11.8 Å². The molecule has 0 spiro atoms. The number of hydrazone groups is 1. The molecular formula is C27H20FN3O3. The number of halogens is 1. The topological polar surface area (TPSA) is 70.0 Å². The maximum absolute atomic E-state index is 13.7. The molecule has 3 aliphatic heterocycles. The van der Waals surface area contributed by atoms with E-state index in [1.165, 1.54) is 29.2 Å². The van der Waals surface area contributed by atoms with Crippen LogP contribution in [-0.4, -0.2) is 39.8 Å². The van der Waals surface area contributed by atoms with Gasteiger partial charge in [0, 0.05) is 5.56 Å². The summed E-state index contributed by atoms with van der Waals surface area (Å²) in [5.74, 6) is -3.08. The fraction of sp³-hybridized carbons (Fsp3) is 0.185. The summed E-state index contributed by atoms with van der Waals surface area (Å²) in [6.45, 7) is 0.153. The number of rotatable bonds is 4. The van der Waals surface area contributed by atoms with Crippen LogP contribution in [-0.2, 0) is 16.1 Å². The fourth-order valence-corrected chi connectivity index (χ4v) is 5.44. The molecule has 0 saturated carbocycles. The first-order valence-electron chi connectivity index (χ1n) is 11.1. The summed E-state index contributed by atoms with van der Waals surface area (Å²) in [7, 11) is 0. The van der Waals surface area contributed by atoms with E-state index in [2.05, 4.69) is 5.10 Å². The van der Waals surface area contributed by atoms with Crippen LogP contribution in [0.2, 0.25) is 0 Å². The van der Waals surface area contributed by atoms with Crippen molar-refractivity contribution in [3.63, 3.8) is 0 Å². The molecule has 6 nitrogen and oxygen atoms in total. The number of imide groups is 1. The Labute approximate surface area is 195 Å². The van der Waals surface area contributed by atoms with Crippen molar-refractivity contribution in [2.45, 2.75) is 18.6 Å². The third kappa shape index (κ3) is 3.00. The first-order chi connectivity index (χ1) is 16.5. The molecule has 4 atom stereocenters. The van der Waals surface area contributed by atoms with Gasteiger partial charge in [0.05, 0.1) is 30.6 Å². The van der Waals surface area contributed by atoms with Crippen LogP contribution in [0.3, 0.4) is 0 Å². The van der Waals surface area contributed by atoms with Gasteiger partial charge in [0.15, 0.2) is 5.78 Å². The second kappa shape index (κ2) is 7.73. The van der Waals surface area contributed by atoms with Crippen molar-refractivity contribution in [3.8, 4) is 0 Å². The summed E-state index contributed by atoms with van der Waals surface area (Å²) in [5, 5.41) is 6.14. The average Bonchev–Trinajstić information content (AvgIpc) is 3.33. The van der Waals surface area contributed by atoms with Gasteiger partial charge in [-0.05, 0) is 41.0 Å². The second-order valence-electron chi connectivity index (χ2n) is 8.81. The summed E-state index contributed by atoms with van der Waals surface area (Å²) in [4.78, 5) is 42.3. The number of carbonyl (C=O) groups excluding carboxylic acids is 3. The largest absolute Gasteiger partial charge is 0.292 e. The molecule has 6 rings (SSSR count). The Hall–Kier alpha value is -4.13. The molecule has 34 heavy (non-hydrogen) atoms. The predicted octanol–water partition coefficient (Wildman–Crippen LogP) is 3.58. The van der Waals surface area contributed by atoms with Crippen molar-refractivity contribution in [1.82, 2.24) is 9.91 Å². The standard InChI is InChI=1S/C27H20FN3O3/c28-19-12-10-17(11-13-19)25(32)24-22-21(23-20-9-5-4-8-18(20)14-29-31(23)24)26(33)30(27(22)34)15-16-6-2-1-3-7-16/h1-14,21-24H,15H2/t21-,22+,23-,24-/m1/s1. The SMILES string of the molecule is O=C(c1ccc(F)cc1)[C@H]1[C@H]2C(=O)N(Cc3ccccc3)C(=O)[C@H]2[C@H]2c3ccccc3C=NN21. The molecule has 0 aromatic heterocycles. The molecule has 3 aliphatic rings. The van der Waals surface area contributed by atoms with Crippen LogP contribution in [0.1, 0.15) is 33.1 Å². The predicted molar refractivity (Wildman–Crippen MR) is 122 cm³/mol. The zero-order chi connectivity index (χ0) is 23.4. The van der Waals surface area contributed by atoms with E-state index in [1.54, 1.807) is 11.2 Å². The van der Waals surface area contributed by atoms with Gasteiger partial charge >= 0.3 is 0 Å². The van der Waals surface area contributed by atoms with Crippen LogP contribution in [0, 0.1) is 17.7 Å². The number of amides is 2. The maximum Gasteiger partial charge on any atom is 0.236 e. The van der Waals surface area contributed by atoms with Crippen molar-refractivity contribution in [3.05, 3.63) is 107 Å². The van der Waals surface area contributed by atoms with Gasteiger partial charge in [-0.25, -0.2) is 4.39 Å². The number of ketones is 1. The van der Waals surface area contributed by atoms with Gasteiger partial charge in [-0.2, -0.15) is 5.10 Å². The average molecular weight is 453 g/mol. The molecule has 0 unspecified atom stereocenters. The molecule has 7 heteroatoms. The summed E-state index contributed by atoms with van der Waals surface area (Å²) in [6, 6.07) is 20.7. The maximum atomic E-state index is 13.7. The smallest absolute Gasteiger partial charge is 0.236 e. The van der Waals surface area contributed by atoms with E-state index in [9.17, 15) is 18.8 Å². The molecule has 3 heterocycles. The first kappa shape index (κ1) is 20.5. The number of fused-ring (bicyclic) bond motifs is 5. The Balaban J connectivity index is 1.45. The number of hydrogen-bond donors (Lipinski definition) is 0. The number of likely N-dealkylation sites (tertiary alicyclic amines) is 1. The van der Waals surface area contributed by atoms with Gasteiger partial charge in [-0.15, -0.1) is 0 Å². The summed E-state index contributed by atoms with van der Waals surface area (Å²) in [5.41, 5.74) is 2.84. The van der Waals surface area contributed by atoms with Crippen LogP contribution in [0.4, 0.5) is 4.39 Å². The molecule has 0 N–H and O–H groups in total. The van der Waals surface area contributed by atoms with E-state index in [4.69, 9.17) is 0 Å². The summed E-state index contributed by atoms with van der Waals surface area (Å²) >= 11 is 0. The van der Waals surface area contributed by atoms with Crippen LogP contribution in [0.15, 0.2) is 84.0 Å². The molecule has 3 aromatic rings. The zero-order valence-corrected chi connectivity index (χ0v) is 18.0. The Bertz CT molecular complexity index is 1340. The number of Topliss-reactive ketones (excluding diaryl/α,β-unsaturated/α-hetero) is 1. The molecular weight excluding hydrogens is 433 g/mol. The highest BCUT2D eigenvalue weighted by atomic mass is 19.1. The third-order valence-corrected chi connectivity index (χ3v) is 6.97. The number of carbonyl (C=O) groups is 3. The molecule has 3 aromatic carbocycles. The summed E-state index contributed by atoms with van der Waals surface area (Å²) in [6.07, 6.45) is 1.66. The molecule has 2 amide bonds. The first-order valence-corrected chi connectivity index (χ1v) is 11.1. The normalized spacial score (nSPS) is 24.7. The van der Waals surface area contributed by atoms with Crippen LogP contribution in [0.5, 0.6) is 0 Å². The zero-order valence-electron chi connectivity index (χ0n) is 18.0. The van der Waals surface area contributed by atoms with Crippen molar-refractivity contribution in [2.75, 3.05) is 0 Å². The van der Waals surface area contributed by atoms with Gasteiger partial charge in [0.1, 0.15) is 11.9 Å². The summed E-state index contributed by atoms with van der Waals surface area (Å²) < 4.78 is 13.5. The van der Waals surface area contributed by atoms with Gasteiger partial charge in [0.25, 0.3) is 0 Å². The lowest BCUT2D eigenvalue weighted by Gasteiger charge is -2.33. The molecule has 0 radical (unpaired) electrons. The molecule has 168 valence electrons. The lowest BCUT2D eigenvalue weighted by molar-refractivity contribution is -0.142. The van der Waals surface area contributed by atoms with Gasteiger partial charge in [-0.1, -0.05) is 54.6 Å². The molecule has 0 bridgehead atoms. The van der Waals surface area contributed by atoms with Crippen LogP contribution >= 0.6 is 0 Å². The van der Waals surface area contributed by atoms with Crippen molar-refractivity contribution < 1.29 is 18.8 Å². The van der Waals surface area contributed by atoms with Crippen molar-refractivity contribution >= 4 is 23.8 Å². The quantitative estimate of drug-likeness (QED) is 0.447. The molecule has 0 aliphatic carbocycles. The highest BCUT2D eigenvalue weighted by Gasteiger charge is 2.65. The van der Waals surface area contributed by atoms with E-state index in [-0.39, 0.29) is 29.7 Å². The monoisotopic (exact) mass is 453 g/mol. The minimum absolute atomic E-state index is 0.153. The van der Waals surface area contributed by atoms with Gasteiger partial charge < -0.3 is 0 Å². The highest BCUT2D eigenvalue weighted by molar-refractivity contribution is 6.12. The van der Waals surface area contributed by atoms with Gasteiger partial charge in [-0.3, -0.25) is 24.3 Å². The Kier molecular flexibility index (Phi) is 4.65. The lowest BCUT2D eigenvalue weighted by atomic mass is 9.83. The van der Waals surface area contributed by atoms with Crippen molar-refractivity contribution in [2.24, 2.45) is 16.9 Å². The highest BCUT2D eigenvalue weighted by Crippen LogP contribution is 2.52. The number of hydrogen-bond acceptors (Lipinski definition) is 5. The van der Waals surface area contributed by atoms with E-state index in [0.717, 1.165) is 16.7 Å². The van der Waals surface area contributed by atoms with E-state index < -0.39 is 29.7 Å². The van der Waals surface area contributed by atoms with Crippen LogP contribution < -0.4 is 0 Å². The number of nitrogens with zero attached hydrogens (tertiary/aromatic N) is 3. The Morgan fingerprint density at radius 2 is 1.53 bits per heavy atom. The fourth-order valence-electron chi connectivity index (χ4n) is 5.44. The molecule has 2 fully saturated rings. The number of benzene rings is 3. The molecule has 2 saturated heterocycles. The Morgan fingerprint density at radius 3 is 2.29 bits per heavy atom. The minimum atomic E-state index is -0.956. The second-order valence-corrected chi connectivity index (χ2v) is 8.81. The van der Waals surface area contributed by atoms with Crippen LogP contribution in [0.25, 0.3) is 0 Å². The minimum Gasteiger partial charge on any atom is -0.292 e. The lowest BCUT2D eigenvalue weighted by Crippen LogP contribution is -2.44. The van der Waals surface area contributed by atoms with E-state index in [0.29, 0.717) is 0 Å². The third-order valence-electron chi connectivity index (χ3n) is 6.97. The van der Waals surface area contributed by atoms with E-state index >= 15 is 0 Å². The van der Waals surface area contributed by atoms with E-state index in [1.807, 2.05) is 54.6 Å².